The molecule has 1 amide bonds. The van der Waals surface area contributed by atoms with Crippen molar-refractivity contribution in [2.45, 2.75) is 19.8 Å². The molecular formula is C19H21BrN2O2. The van der Waals surface area contributed by atoms with Gasteiger partial charge in [0, 0.05) is 30.4 Å². The lowest BCUT2D eigenvalue weighted by atomic mass is 10.2. The number of rotatable bonds is 6. The highest BCUT2D eigenvalue weighted by atomic mass is 79.9. The third-order valence-corrected chi connectivity index (χ3v) is 4.57. The molecule has 0 aliphatic carbocycles. The van der Waals surface area contributed by atoms with Crippen LogP contribution in [0.15, 0.2) is 53.0 Å². The minimum Gasteiger partial charge on any atom is -0.493 e. The molecule has 0 aromatic heterocycles. The highest BCUT2D eigenvalue weighted by Gasteiger charge is 2.28. The molecule has 0 bridgehead atoms. The summed E-state index contributed by atoms with van der Waals surface area (Å²) in [5, 5.41) is 3.90. The Bertz CT molecular complexity index is 706. The number of hydrazine groups is 1. The Balaban J connectivity index is 1.54. The van der Waals surface area contributed by atoms with Crippen LogP contribution in [0.5, 0.6) is 5.75 Å². The molecule has 2 aromatic rings. The number of hydrogen-bond donors (Lipinski definition) is 0. The molecule has 0 saturated carbocycles. The van der Waals surface area contributed by atoms with Crippen molar-refractivity contribution in [3.8, 4) is 5.75 Å². The zero-order valence-electron chi connectivity index (χ0n) is 13.7. The topological polar surface area (TPSA) is 32.8 Å². The second-order valence-corrected chi connectivity index (χ2v) is 6.75. The van der Waals surface area contributed by atoms with Crippen molar-refractivity contribution in [1.29, 1.82) is 0 Å². The number of ether oxygens (including phenoxy) is 1. The highest BCUT2D eigenvalue weighted by molar-refractivity contribution is 9.10. The van der Waals surface area contributed by atoms with Gasteiger partial charge < -0.3 is 4.74 Å². The first-order valence-electron chi connectivity index (χ1n) is 8.17. The van der Waals surface area contributed by atoms with E-state index < -0.39 is 0 Å². The van der Waals surface area contributed by atoms with E-state index in [-0.39, 0.29) is 5.91 Å². The van der Waals surface area contributed by atoms with E-state index in [4.69, 9.17) is 4.74 Å². The van der Waals surface area contributed by atoms with E-state index in [1.807, 2.05) is 60.5 Å². The molecule has 5 heteroatoms. The molecular weight excluding hydrogens is 368 g/mol. The van der Waals surface area contributed by atoms with E-state index in [9.17, 15) is 4.79 Å². The Hall–Kier alpha value is -2.01. The zero-order valence-corrected chi connectivity index (χ0v) is 15.3. The summed E-state index contributed by atoms with van der Waals surface area (Å²) in [6.07, 6.45) is 1.37. The molecule has 24 heavy (non-hydrogen) atoms. The summed E-state index contributed by atoms with van der Waals surface area (Å²) < 4.78 is 6.90. The van der Waals surface area contributed by atoms with Crippen LogP contribution in [-0.2, 0) is 4.79 Å². The van der Waals surface area contributed by atoms with Crippen LogP contribution in [-0.4, -0.2) is 30.6 Å². The predicted molar refractivity (Wildman–Crippen MR) is 99.1 cm³/mol. The van der Waals surface area contributed by atoms with Crippen molar-refractivity contribution in [2.24, 2.45) is 0 Å². The highest BCUT2D eigenvalue weighted by Crippen LogP contribution is 2.24. The van der Waals surface area contributed by atoms with Crippen molar-refractivity contribution in [2.75, 3.05) is 24.7 Å². The largest absolute Gasteiger partial charge is 0.493 e. The third kappa shape index (κ3) is 3.90. The van der Waals surface area contributed by atoms with Crippen LogP contribution in [0.3, 0.4) is 0 Å². The quantitative estimate of drug-likeness (QED) is 0.695. The van der Waals surface area contributed by atoms with Crippen LogP contribution < -0.4 is 9.75 Å². The van der Waals surface area contributed by atoms with Gasteiger partial charge in [0.15, 0.2) is 0 Å². The van der Waals surface area contributed by atoms with Crippen LogP contribution in [0, 0.1) is 6.92 Å². The number of benzene rings is 2. The van der Waals surface area contributed by atoms with Gasteiger partial charge in [-0.15, -0.1) is 0 Å². The number of aryl methyl sites for hydroxylation is 1. The number of carbonyl (C=O) groups is 1. The monoisotopic (exact) mass is 388 g/mol. The molecule has 1 aliphatic rings. The Labute approximate surface area is 151 Å². The smallest absolute Gasteiger partial charge is 0.242 e. The van der Waals surface area contributed by atoms with Crippen LogP contribution >= 0.6 is 15.9 Å². The normalized spacial score (nSPS) is 14.3. The molecule has 0 unspecified atom stereocenters. The number of hydrogen-bond acceptors (Lipinski definition) is 3. The summed E-state index contributed by atoms with van der Waals surface area (Å²) in [5.41, 5.74) is 2.17. The molecule has 126 valence electrons. The van der Waals surface area contributed by atoms with Crippen LogP contribution in [0.4, 0.5) is 5.69 Å². The first kappa shape index (κ1) is 16.8. The third-order valence-electron chi connectivity index (χ3n) is 4.08. The van der Waals surface area contributed by atoms with E-state index in [1.165, 1.54) is 0 Å². The Morgan fingerprint density at radius 3 is 2.71 bits per heavy atom. The minimum atomic E-state index is 0.179. The van der Waals surface area contributed by atoms with Crippen molar-refractivity contribution >= 4 is 27.5 Å². The Kier molecular flexibility index (Phi) is 5.41. The molecule has 1 heterocycles. The van der Waals surface area contributed by atoms with Gasteiger partial charge in [-0.2, -0.15) is 0 Å². The predicted octanol–water partition coefficient (Wildman–Crippen LogP) is 4.18. The van der Waals surface area contributed by atoms with Gasteiger partial charge in [0.25, 0.3) is 0 Å². The zero-order chi connectivity index (χ0) is 16.9. The lowest BCUT2D eigenvalue weighted by Gasteiger charge is -2.29. The van der Waals surface area contributed by atoms with Crippen molar-refractivity contribution in [3.63, 3.8) is 0 Å². The fraction of sp³-hybridized carbons (Fsp3) is 0.316. The molecule has 1 fully saturated rings. The average Bonchev–Trinajstić information content (AvgIpc) is 2.95. The van der Waals surface area contributed by atoms with E-state index in [0.29, 0.717) is 19.6 Å². The standard InChI is InChI=1S/C19H21BrN2O2/c1-15-14-16(20)8-9-18(15)24-13-5-11-22-19(23)10-12-21(22)17-6-3-2-4-7-17/h2-4,6-9,14H,5,10-13H2,1H3. The fourth-order valence-electron chi connectivity index (χ4n) is 2.87. The van der Waals surface area contributed by atoms with Gasteiger partial charge in [-0.1, -0.05) is 34.1 Å². The van der Waals surface area contributed by atoms with Crippen LogP contribution in [0.1, 0.15) is 18.4 Å². The average molecular weight is 389 g/mol. The van der Waals surface area contributed by atoms with Gasteiger partial charge in [-0.3, -0.25) is 14.8 Å². The van der Waals surface area contributed by atoms with Gasteiger partial charge in [0.2, 0.25) is 5.91 Å². The number of nitrogens with zero attached hydrogens (tertiary/aromatic N) is 2. The maximum Gasteiger partial charge on any atom is 0.242 e. The lowest BCUT2D eigenvalue weighted by molar-refractivity contribution is -0.128. The van der Waals surface area contributed by atoms with Gasteiger partial charge in [-0.05, 0) is 42.8 Å². The summed E-state index contributed by atoms with van der Waals surface area (Å²) in [4.78, 5) is 12.2. The van der Waals surface area contributed by atoms with Crippen LogP contribution in [0.25, 0.3) is 0 Å². The molecule has 0 N–H and O–H groups in total. The molecule has 4 nitrogen and oxygen atoms in total. The van der Waals surface area contributed by atoms with E-state index in [2.05, 4.69) is 20.9 Å². The number of anilines is 1. The summed E-state index contributed by atoms with van der Waals surface area (Å²) in [5.74, 6) is 1.07. The molecule has 1 aliphatic heterocycles. The van der Waals surface area contributed by atoms with Gasteiger partial charge in [0.05, 0.1) is 12.3 Å². The summed E-state index contributed by atoms with van der Waals surface area (Å²) >= 11 is 3.45. The number of para-hydroxylation sites is 1. The molecule has 1 saturated heterocycles. The molecule has 0 atom stereocenters. The first-order valence-corrected chi connectivity index (χ1v) is 8.96. The van der Waals surface area contributed by atoms with Gasteiger partial charge in [-0.25, -0.2) is 0 Å². The summed E-state index contributed by atoms with van der Waals surface area (Å²) in [6, 6.07) is 16.0. The Morgan fingerprint density at radius 1 is 1.17 bits per heavy atom. The second kappa shape index (κ2) is 7.71. The van der Waals surface area contributed by atoms with Gasteiger partial charge in [0.1, 0.15) is 5.75 Å². The number of amides is 1. The Morgan fingerprint density at radius 2 is 1.96 bits per heavy atom. The molecule has 0 radical (unpaired) electrons. The van der Waals surface area contributed by atoms with Crippen molar-refractivity contribution in [3.05, 3.63) is 58.6 Å². The SMILES string of the molecule is Cc1cc(Br)ccc1OCCCN1C(=O)CCN1c1ccccc1. The van der Waals surface area contributed by atoms with Crippen molar-refractivity contribution < 1.29 is 9.53 Å². The molecule has 2 aromatic carbocycles. The summed E-state index contributed by atoms with van der Waals surface area (Å²) in [6.45, 7) is 4.04. The summed E-state index contributed by atoms with van der Waals surface area (Å²) in [7, 11) is 0. The number of halogens is 1. The second-order valence-electron chi connectivity index (χ2n) is 5.84. The number of carbonyl (C=O) groups excluding carboxylic acids is 1. The van der Waals surface area contributed by atoms with E-state index in [1.54, 1.807) is 0 Å². The molecule has 0 spiro atoms. The van der Waals surface area contributed by atoms with Crippen LogP contribution in [0.2, 0.25) is 0 Å². The van der Waals surface area contributed by atoms with E-state index in [0.717, 1.165) is 34.4 Å². The first-order chi connectivity index (χ1) is 11.6. The van der Waals surface area contributed by atoms with Crippen molar-refractivity contribution in [1.82, 2.24) is 5.01 Å². The molecule has 3 rings (SSSR count). The maximum absolute atomic E-state index is 12.2. The maximum atomic E-state index is 12.2. The minimum absolute atomic E-state index is 0.179. The lowest BCUT2D eigenvalue weighted by Crippen LogP contribution is -2.40. The fourth-order valence-corrected chi connectivity index (χ4v) is 3.35. The van der Waals surface area contributed by atoms with Gasteiger partial charge >= 0.3 is 0 Å². The van der Waals surface area contributed by atoms with E-state index >= 15 is 0 Å².